The molecule has 2 rings (SSSR count). The largest absolute Gasteiger partial charge is 0.457 e. The first kappa shape index (κ1) is 17.6. The van der Waals surface area contributed by atoms with Crippen molar-refractivity contribution < 1.29 is 4.74 Å². The molecule has 2 nitrogen and oxygen atoms in total. The summed E-state index contributed by atoms with van der Waals surface area (Å²) in [5, 5.41) is 4.20. The van der Waals surface area contributed by atoms with Crippen LogP contribution in [0.3, 0.4) is 0 Å². The maximum absolute atomic E-state index is 5.96. The fourth-order valence-corrected chi connectivity index (χ4v) is 2.52. The van der Waals surface area contributed by atoms with Crippen molar-refractivity contribution in [1.29, 1.82) is 0 Å². The summed E-state index contributed by atoms with van der Waals surface area (Å²) in [5.41, 5.74) is 1.06. The van der Waals surface area contributed by atoms with Crippen LogP contribution in [-0.2, 0) is 6.54 Å². The number of hydrogen-bond donors (Lipinski definition) is 1. The zero-order chi connectivity index (χ0) is 13.8. The van der Waals surface area contributed by atoms with Gasteiger partial charge in [-0.3, -0.25) is 0 Å². The van der Waals surface area contributed by atoms with Crippen LogP contribution < -0.4 is 10.1 Å². The van der Waals surface area contributed by atoms with Crippen LogP contribution in [0.25, 0.3) is 0 Å². The molecule has 1 N–H and O–H groups in total. The molecule has 0 aliphatic carbocycles. The topological polar surface area (TPSA) is 21.3 Å². The smallest absolute Gasteiger partial charge is 0.133 e. The molecule has 2 aromatic rings. The highest BCUT2D eigenvalue weighted by Crippen LogP contribution is 2.32. The second kappa shape index (κ2) is 8.11. The Kier molecular flexibility index (Phi) is 7.13. The van der Waals surface area contributed by atoms with Crippen LogP contribution in [0.2, 0.25) is 10.0 Å². The zero-order valence-corrected chi connectivity index (χ0v) is 14.5. The average Bonchev–Trinajstić information content (AvgIpc) is 2.31. The van der Waals surface area contributed by atoms with Gasteiger partial charge in [0.15, 0.2) is 0 Å². The van der Waals surface area contributed by atoms with Crippen LogP contribution in [0, 0.1) is 0 Å². The fourth-order valence-electron chi connectivity index (χ4n) is 1.67. The van der Waals surface area contributed by atoms with Crippen molar-refractivity contribution in [2.75, 3.05) is 7.05 Å². The van der Waals surface area contributed by atoms with Gasteiger partial charge >= 0.3 is 0 Å². The Morgan fingerprint density at radius 1 is 1.10 bits per heavy atom. The zero-order valence-electron chi connectivity index (χ0n) is 10.6. The van der Waals surface area contributed by atoms with E-state index in [1.165, 1.54) is 0 Å². The molecule has 2 aromatic carbocycles. The molecule has 0 saturated carbocycles. The molecule has 6 heteroatoms. The van der Waals surface area contributed by atoms with E-state index in [9.17, 15) is 0 Å². The third kappa shape index (κ3) is 4.83. The third-order valence-corrected chi connectivity index (χ3v) is 3.39. The van der Waals surface area contributed by atoms with Gasteiger partial charge in [0.05, 0.1) is 0 Å². The van der Waals surface area contributed by atoms with Gasteiger partial charge in [-0.15, -0.1) is 12.4 Å². The highest BCUT2D eigenvalue weighted by atomic mass is 79.9. The molecular weight excluding hydrogens is 384 g/mol. The normalized spacial score (nSPS) is 10.0. The molecule has 0 saturated heterocycles. The monoisotopic (exact) mass is 395 g/mol. The number of benzene rings is 2. The Hall–Kier alpha value is -0.450. The summed E-state index contributed by atoms with van der Waals surface area (Å²) in [6, 6.07) is 11.0. The van der Waals surface area contributed by atoms with Crippen molar-refractivity contribution in [2.24, 2.45) is 0 Å². The molecule has 108 valence electrons. The molecule has 0 aromatic heterocycles. The lowest BCUT2D eigenvalue weighted by molar-refractivity contribution is 0.474. The first-order valence-corrected chi connectivity index (χ1v) is 7.20. The van der Waals surface area contributed by atoms with Gasteiger partial charge in [0.2, 0.25) is 0 Å². The maximum Gasteiger partial charge on any atom is 0.133 e. The number of hydrogen-bond acceptors (Lipinski definition) is 2. The fraction of sp³-hybridized carbons (Fsp3) is 0.143. The minimum absolute atomic E-state index is 0. The second-order valence-corrected chi connectivity index (χ2v) is 5.78. The summed E-state index contributed by atoms with van der Waals surface area (Å²) in [6.07, 6.45) is 0. The van der Waals surface area contributed by atoms with E-state index in [2.05, 4.69) is 21.2 Å². The molecule has 20 heavy (non-hydrogen) atoms. The van der Waals surface area contributed by atoms with Gasteiger partial charge in [0.25, 0.3) is 0 Å². The SMILES string of the molecule is CNCc1ccc(Br)cc1Oc1cc(Cl)cc(Cl)c1.Cl. The molecular formula is C14H13BrCl3NO. The lowest BCUT2D eigenvalue weighted by atomic mass is 10.2. The summed E-state index contributed by atoms with van der Waals surface area (Å²) in [6.45, 7) is 0.719. The van der Waals surface area contributed by atoms with Gasteiger partial charge in [0, 0.05) is 26.6 Å². The Morgan fingerprint density at radius 2 is 1.75 bits per heavy atom. The molecule has 0 heterocycles. The molecule has 0 radical (unpaired) electrons. The van der Waals surface area contributed by atoms with E-state index >= 15 is 0 Å². The second-order valence-electron chi connectivity index (χ2n) is 3.99. The Balaban J connectivity index is 0.00000200. The third-order valence-electron chi connectivity index (χ3n) is 2.46. The van der Waals surface area contributed by atoms with Gasteiger partial charge < -0.3 is 10.1 Å². The van der Waals surface area contributed by atoms with Crippen molar-refractivity contribution in [3.05, 3.63) is 56.5 Å². The quantitative estimate of drug-likeness (QED) is 0.716. The molecule has 0 unspecified atom stereocenters. The number of nitrogens with one attached hydrogen (secondary N) is 1. The van der Waals surface area contributed by atoms with Crippen LogP contribution >= 0.6 is 51.5 Å². The van der Waals surface area contributed by atoms with Gasteiger partial charge in [-0.2, -0.15) is 0 Å². The minimum atomic E-state index is 0. The molecule has 0 aliphatic rings. The first-order chi connectivity index (χ1) is 9.08. The summed E-state index contributed by atoms with van der Waals surface area (Å²) >= 11 is 15.4. The average molecular weight is 398 g/mol. The standard InChI is InChI=1S/C14H12BrCl2NO.ClH/c1-18-8-9-2-3-10(15)4-14(9)19-13-6-11(16)5-12(17)7-13;/h2-7,18H,8H2,1H3;1H. The van der Waals surface area contributed by atoms with Crippen LogP contribution in [-0.4, -0.2) is 7.05 Å². The van der Waals surface area contributed by atoms with Crippen LogP contribution in [0.1, 0.15) is 5.56 Å². The highest BCUT2D eigenvalue weighted by Gasteiger charge is 2.07. The molecule has 0 spiro atoms. The van der Waals surface area contributed by atoms with Crippen molar-refractivity contribution in [2.45, 2.75) is 6.54 Å². The van der Waals surface area contributed by atoms with Gasteiger partial charge in [-0.25, -0.2) is 0 Å². The van der Waals surface area contributed by atoms with Crippen LogP contribution in [0.4, 0.5) is 0 Å². The van der Waals surface area contributed by atoms with E-state index in [-0.39, 0.29) is 12.4 Å². The highest BCUT2D eigenvalue weighted by molar-refractivity contribution is 9.10. The molecule has 0 aliphatic heterocycles. The van der Waals surface area contributed by atoms with E-state index in [4.69, 9.17) is 27.9 Å². The van der Waals surface area contributed by atoms with Gasteiger partial charge in [-0.05, 0) is 37.4 Å². The Labute approximate surface area is 143 Å². The van der Waals surface area contributed by atoms with Crippen molar-refractivity contribution in [3.8, 4) is 11.5 Å². The summed E-state index contributed by atoms with van der Waals surface area (Å²) < 4.78 is 6.82. The van der Waals surface area contributed by atoms with E-state index in [0.29, 0.717) is 15.8 Å². The number of rotatable bonds is 4. The maximum atomic E-state index is 5.96. The summed E-state index contributed by atoms with van der Waals surface area (Å²) in [4.78, 5) is 0. The molecule has 0 bridgehead atoms. The van der Waals surface area contributed by atoms with E-state index in [1.807, 2.05) is 25.2 Å². The van der Waals surface area contributed by atoms with Crippen LogP contribution in [0.15, 0.2) is 40.9 Å². The summed E-state index contributed by atoms with van der Waals surface area (Å²) in [7, 11) is 1.89. The van der Waals surface area contributed by atoms with E-state index < -0.39 is 0 Å². The Morgan fingerprint density at radius 3 is 2.35 bits per heavy atom. The van der Waals surface area contributed by atoms with Gasteiger partial charge in [0.1, 0.15) is 11.5 Å². The predicted octanol–water partition coefficient (Wildman–Crippen LogP) is 5.69. The molecule has 0 amide bonds. The summed E-state index contributed by atoms with van der Waals surface area (Å²) in [5.74, 6) is 1.38. The van der Waals surface area contributed by atoms with Crippen molar-refractivity contribution >= 4 is 51.5 Å². The molecule has 0 atom stereocenters. The predicted molar refractivity (Wildman–Crippen MR) is 90.7 cm³/mol. The van der Waals surface area contributed by atoms with Crippen molar-refractivity contribution in [1.82, 2.24) is 5.32 Å². The van der Waals surface area contributed by atoms with E-state index in [0.717, 1.165) is 22.3 Å². The minimum Gasteiger partial charge on any atom is -0.457 e. The first-order valence-electron chi connectivity index (χ1n) is 5.65. The lowest BCUT2D eigenvalue weighted by Gasteiger charge is -2.12. The number of ether oxygens (including phenoxy) is 1. The lowest BCUT2D eigenvalue weighted by Crippen LogP contribution is -2.06. The van der Waals surface area contributed by atoms with E-state index in [1.54, 1.807) is 18.2 Å². The van der Waals surface area contributed by atoms with Crippen molar-refractivity contribution in [3.63, 3.8) is 0 Å². The Bertz CT molecular complexity index is 572. The van der Waals surface area contributed by atoms with Gasteiger partial charge in [-0.1, -0.05) is 45.2 Å². The number of halogens is 4. The molecule has 0 fully saturated rings. The van der Waals surface area contributed by atoms with Crippen LogP contribution in [0.5, 0.6) is 11.5 Å².